The first-order valence-electron chi connectivity index (χ1n) is 6.52. The summed E-state index contributed by atoms with van der Waals surface area (Å²) in [5.74, 6) is 0.667. The van der Waals surface area contributed by atoms with E-state index in [1.165, 1.54) is 6.07 Å². The van der Waals surface area contributed by atoms with E-state index in [0.29, 0.717) is 24.1 Å². The van der Waals surface area contributed by atoms with Crippen LogP contribution in [0.5, 0.6) is 0 Å². The highest BCUT2D eigenvalue weighted by Gasteiger charge is 2.33. The number of hydrogen-bond donors (Lipinski definition) is 1. The van der Waals surface area contributed by atoms with Crippen molar-refractivity contribution in [2.75, 3.05) is 11.4 Å². The molecule has 3 nitrogen and oxygen atoms in total. The first kappa shape index (κ1) is 12.9. The van der Waals surface area contributed by atoms with Crippen molar-refractivity contribution < 1.29 is 4.39 Å². The summed E-state index contributed by atoms with van der Waals surface area (Å²) in [6, 6.07) is 6.92. The lowest BCUT2D eigenvalue weighted by atomic mass is 9.93. The molecule has 1 unspecified atom stereocenters. The second kappa shape index (κ2) is 5.38. The maximum atomic E-state index is 13.9. The van der Waals surface area contributed by atoms with Crippen LogP contribution < -0.4 is 10.6 Å². The Morgan fingerprint density at radius 3 is 2.67 bits per heavy atom. The van der Waals surface area contributed by atoms with Crippen molar-refractivity contribution in [1.29, 1.82) is 0 Å². The van der Waals surface area contributed by atoms with Crippen LogP contribution in [-0.2, 0) is 0 Å². The Balaban J connectivity index is 2.33. The molecule has 1 aliphatic rings. The lowest BCUT2D eigenvalue weighted by molar-refractivity contribution is 0.409. The fourth-order valence-electron chi connectivity index (χ4n) is 2.66. The highest BCUT2D eigenvalue weighted by atomic mass is 19.1. The third-order valence-electron chi connectivity index (χ3n) is 3.72. The maximum absolute atomic E-state index is 13.9. The quantitative estimate of drug-likeness (QED) is 0.891. The van der Waals surface area contributed by atoms with Crippen LogP contribution >= 0.6 is 0 Å². The number of guanidine groups is 1. The standard InChI is InChI=1S/C14H20FN3/c1-3-10(4-2)13-9-17-14(16)18(13)12-8-6-5-7-11(12)15/h5-8,10,13H,3-4,9H2,1-2H3,(H2,16,17). The Morgan fingerprint density at radius 1 is 1.39 bits per heavy atom. The van der Waals surface area contributed by atoms with Crippen molar-refractivity contribution in [3.05, 3.63) is 30.1 Å². The fourth-order valence-corrected chi connectivity index (χ4v) is 2.66. The number of halogens is 1. The molecule has 2 rings (SSSR count). The summed E-state index contributed by atoms with van der Waals surface area (Å²) in [5.41, 5.74) is 6.46. The van der Waals surface area contributed by atoms with Gasteiger partial charge in [0.15, 0.2) is 5.96 Å². The van der Waals surface area contributed by atoms with Crippen molar-refractivity contribution >= 4 is 11.6 Å². The summed E-state index contributed by atoms with van der Waals surface area (Å²) in [7, 11) is 0. The molecule has 0 aliphatic carbocycles. The van der Waals surface area contributed by atoms with Gasteiger partial charge in [0.25, 0.3) is 0 Å². The van der Waals surface area contributed by atoms with Crippen molar-refractivity contribution in [3.8, 4) is 0 Å². The molecule has 98 valence electrons. The number of nitrogens with two attached hydrogens (primary N) is 1. The second-order valence-electron chi connectivity index (χ2n) is 4.66. The monoisotopic (exact) mass is 249 g/mol. The van der Waals surface area contributed by atoms with Crippen LogP contribution in [0, 0.1) is 11.7 Å². The van der Waals surface area contributed by atoms with E-state index in [0.717, 1.165) is 12.8 Å². The van der Waals surface area contributed by atoms with Crippen molar-refractivity contribution in [1.82, 2.24) is 0 Å². The Bertz CT molecular complexity index is 440. The molecule has 0 bridgehead atoms. The van der Waals surface area contributed by atoms with E-state index < -0.39 is 0 Å². The minimum atomic E-state index is -0.242. The van der Waals surface area contributed by atoms with Gasteiger partial charge in [0.2, 0.25) is 0 Å². The summed E-state index contributed by atoms with van der Waals surface area (Å²) in [4.78, 5) is 6.14. The zero-order valence-corrected chi connectivity index (χ0v) is 10.9. The van der Waals surface area contributed by atoms with Gasteiger partial charge in [-0.05, 0) is 18.1 Å². The molecule has 0 amide bonds. The molecule has 0 radical (unpaired) electrons. The lowest BCUT2D eigenvalue weighted by Gasteiger charge is -2.31. The molecular weight excluding hydrogens is 229 g/mol. The van der Waals surface area contributed by atoms with Gasteiger partial charge in [-0.15, -0.1) is 0 Å². The SMILES string of the molecule is CCC(CC)C1CN=C(N)N1c1ccccc1F. The number of anilines is 1. The highest BCUT2D eigenvalue weighted by Crippen LogP contribution is 2.29. The number of benzene rings is 1. The van der Waals surface area contributed by atoms with Gasteiger partial charge in [0.05, 0.1) is 18.3 Å². The molecule has 2 N–H and O–H groups in total. The predicted molar refractivity (Wildman–Crippen MR) is 73.2 cm³/mol. The largest absolute Gasteiger partial charge is 0.370 e. The number of hydrogen-bond acceptors (Lipinski definition) is 3. The molecule has 1 aliphatic heterocycles. The molecule has 1 heterocycles. The summed E-state index contributed by atoms with van der Waals surface area (Å²) < 4.78 is 13.9. The summed E-state index contributed by atoms with van der Waals surface area (Å²) in [6.07, 6.45) is 2.10. The second-order valence-corrected chi connectivity index (χ2v) is 4.66. The van der Waals surface area contributed by atoms with E-state index >= 15 is 0 Å². The molecule has 0 saturated carbocycles. The van der Waals surface area contributed by atoms with Gasteiger partial charge in [-0.3, -0.25) is 4.99 Å². The predicted octanol–water partition coefficient (Wildman–Crippen LogP) is 2.77. The van der Waals surface area contributed by atoms with Gasteiger partial charge in [0.1, 0.15) is 5.82 Å². The lowest BCUT2D eigenvalue weighted by Crippen LogP contribution is -2.45. The van der Waals surface area contributed by atoms with E-state index in [9.17, 15) is 4.39 Å². The molecule has 4 heteroatoms. The Hall–Kier alpha value is -1.58. The summed E-state index contributed by atoms with van der Waals surface area (Å²) in [6.45, 7) is 4.97. The van der Waals surface area contributed by atoms with E-state index in [1.54, 1.807) is 12.1 Å². The van der Waals surface area contributed by atoms with E-state index in [2.05, 4.69) is 18.8 Å². The third-order valence-corrected chi connectivity index (χ3v) is 3.72. The van der Waals surface area contributed by atoms with Gasteiger partial charge < -0.3 is 10.6 Å². The van der Waals surface area contributed by atoms with Crippen LogP contribution in [-0.4, -0.2) is 18.5 Å². The van der Waals surface area contributed by atoms with Gasteiger partial charge >= 0.3 is 0 Å². The average molecular weight is 249 g/mol. The molecular formula is C14H20FN3. The molecule has 1 atom stereocenters. The van der Waals surface area contributed by atoms with Gasteiger partial charge in [-0.25, -0.2) is 4.39 Å². The van der Waals surface area contributed by atoms with Gasteiger partial charge in [0, 0.05) is 0 Å². The average Bonchev–Trinajstić information content (AvgIpc) is 2.74. The summed E-state index contributed by atoms with van der Waals surface area (Å²) >= 11 is 0. The van der Waals surface area contributed by atoms with Crippen molar-refractivity contribution in [3.63, 3.8) is 0 Å². The zero-order chi connectivity index (χ0) is 13.1. The van der Waals surface area contributed by atoms with Gasteiger partial charge in [-0.2, -0.15) is 0 Å². The van der Waals surface area contributed by atoms with Crippen molar-refractivity contribution in [2.45, 2.75) is 32.7 Å². The minimum absolute atomic E-state index is 0.178. The van der Waals surface area contributed by atoms with Gasteiger partial charge in [-0.1, -0.05) is 38.8 Å². The van der Waals surface area contributed by atoms with Crippen LogP contribution in [0.4, 0.5) is 10.1 Å². The first-order valence-corrected chi connectivity index (χ1v) is 6.52. The zero-order valence-electron chi connectivity index (χ0n) is 10.9. The molecule has 1 aromatic rings. The molecule has 0 fully saturated rings. The van der Waals surface area contributed by atoms with Crippen LogP contribution in [0.25, 0.3) is 0 Å². The molecule has 0 aromatic heterocycles. The number of nitrogens with zero attached hydrogens (tertiary/aromatic N) is 2. The molecule has 18 heavy (non-hydrogen) atoms. The number of rotatable bonds is 4. The molecule has 0 spiro atoms. The Morgan fingerprint density at radius 2 is 2.06 bits per heavy atom. The van der Waals surface area contributed by atoms with Crippen LogP contribution in [0.15, 0.2) is 29.3 Å². The van der Waals surface area contributed by atoms with E-state index in [1.807, 2.05) is 11.0 Å². The van der Waals surface area contributed by atoms with E-state index in [-0.39, 0.29) is 11.9 Å². The molecule has 0 saturated heterocycles. The number of para-hydroxylation sites is 1. The molecule has 1 aromatic carbocycles. The highest BCUT2D eigenvalue weighted by molar-refractivity contribution is 5.97. The third kappa shape index (κ3) is 2.19. The smallest absolute Gasteiger partial charge is 0.196 e. The normalized spacial score (nSPS) is 19.4. The fraction of sp³-hybridized carbons (Fsp3) is 0.500. The van der Waals surface area contributed by atoms with Crippen molar-refractivity contribution in [2.24, 2.45) is 16.6 Å². The maximum Gasteiger partial charge on any atom is 0.196 e. The van der Waals surface area contributed by atoms with Crippen LogP contribution in [0.1, 0.15) is 26.7 Å². The van der Waals surface area contributed by atoms with Crippen LogP contribution in [0.2, 0.25) is 0 Å². The summed E-state index contributed by atoms with van der Waals surface area (Å²) in [5, 5.41) is 0. The van der Waals surface area contributed by atoms with Crippen LogP contribution in [0.3, 0.4) is 0 Å². The number of aliphatic imine (C=N–C) groups is 1. The topological polar surface area (TPSA) is 41.6 Å². The Kier molecular flexibility index (Phi) is 3.84. The van der Waals surface area contributed by atoms with E-state index in [4.69, 9.17) is 5.73 Å². The first-order chi connectivity index (χ1) is 8.69. The minimum Gasteiger partial charge on any atom is -0.370 e. The Labute approximate surface area is 108 Å².